The van der Waals surface area contributed by atoms with Gasteiger partial charge < -0.3 is 5.11 Å². The largest absolute Gasteiger partial charge is 0.389 e. The van der Waals surface area contributed by atoms with Gasteiger partial charge in [0, 0.05) is 12.8 Å². The molecule has 0 aliphatic rings. The highest BCUT2D eigenvalue weighted by Crippen LogP contribution is 2.07. The smallest absolute Gasteiger partial charge is 0.133 e. The molecular formula is C16H22O2. The van der Waals surface area contributed by atoms with Crippen LogP contribution in [0.2, 0.25) is 0 Å². The van der Waals surface area contributed by atoms with E-state index in [1.165, 1.54) is 0 Å². The molecule has 0 bridgehead atoms. The predicted octanol–water partition coefficient (Wildman–Crippen LogP) is 3.60. The molecule has 98 valence electrons. The van der Waals surface area contributed by atoms with Crippen molar-refractivity contribution in [3.05, 3.63) is 42.0 Å². The molecule has 1 N–H and O–H groups in total. The molecule has 2 nitrogen and oxygen atoms in total. The Morgan fingerprint density at radius 3 is 2.67 bits per heavy atom. The van der Waals surface area contributed by atoms with Crippen molar-refractivity contribution in [3.63, 3.8) is 0 Å². The Bertz CT molecular complexity index is 368. The van der Waals surface area contributed by atoms with Crippen LogP contribution in [0.1, 0.15) is 44.6 Å². The molecular weight excluding hydrogens is 224 g/mol. The summed E-state index contributed by atoms with van der Waals surface area (Å²) in [5.74, 6) is 0.254. The standard InChI is InChI=1S/C16H22O2/c1-2-3-9-15(17)12-13-16(18)11-10-14-7-5-4-6-8-14/h4-8,10-11,16,18H,2-3,9,12-13H2,1H3/b11-10+. The van der Waals surface area contributed by atoms with Crippen molar-refractivity contribution in [1.29, 1.82) is 0 Å². The average molecular weight is 246 g/mol. The van der Waals surface area contributed by atoms with Gasteiger partial charge in [-0.3, -0.25) is 4.79 Å². The summed E-state index contributed by atoms with van der Waals surface area (Å²) in [7, 11) is 0. The van der Waals surface area contributed by atoms with Gasteiger partial charge in [-0.15, -0.1) is 0 Å². The van der Waals surface area contributed by atoms with Crippen molar-refractivity contribution in [3.8, 4) is 0 Å². The third kappa shape index (κ3) is 6.36. The predicted molar refractivity (Wildman–Crippen MR) is 75.2 cm³/mol. The number of aliphatic hydroxyl groups is 1. The van der Waals surface area contributed by atoms with E-state index in [0.29, 0.717) is 19.3 Å². The zero-order valence-corrected chi connectivity index (χ0v) is 11.0. The molecule has 0 aromatic heterocycles. The van der Waals surface area contributed by atoms with Crippen molar-refractivity contribution in [1.82, 2.24) is 0 Å². The summed E-state index contributed by atoms with van der Waals surface area (Å²) >= 11 is 0. The molecule has 0 heterocycles. The second kappa shape index (κ2) is 8.65. The second-order valence-corrected chi connectivity index (χ2v) is 4.52. The Labute approximate surface area is 109 Å². The molecule has 0 radical (unpaired) electrons. The zero-order chi connectivity index (χ0) is 13.2. The first kappa shape index (κ1) is 14.7. The molecule has 0 saturated carbocycles. The van der Waals surface area contributed by atoms with Crippen LogP contribution >= 0.6 is 0 Å². The maximum Gasteiger partial charge on any atom is 0.133 e. The summed E-state index contributed by atoms with van der Waals surface area (Å²) in [4.78, 5) is 11.4. The van der Waals surface area contributed by atoms with Crippen LogP contribution in [0, 0.1) is 0 Å². The average Bonchev–Trinajstić information content (AvgIpc) is 2.41. The lowest BCUT2D eigenvalue weighted by molar-refractivity contribution is -0.119. The number of carbonyl (C=O) groups excluding carboxylic acids is 1. The van der Waals surface area contributed by atoms with Crippen molar-refractivity contribution in [2.45, 2.75) is 45.1 Å². The highest BCUT2D eigenvalue weighted by atomic mass is 16.3. The summed E-state index contributed by atoms with van der Waals surface area (Å²) in [6.45, 7) is 2.07. The van der Waals surface area contributed by atoms with Crippen LogP contribution in [-0.4, -0.2) is 17.0 Å². The van der Waals surface area contributed by atoms with Gasteiger partial charge in [0.25, 0.3) is 0 Å². The van der Waals surface area contributed by atoms with E-state index in [-0.39, 0.29) is 5.78 Å². The van der Waals surface area contributed by atoms with E-state index in [1.54, 1.807) is 6.08 Å². The Morgan fingerprint density at radius 2 is 2.00 bits per heavy atom. The van der Waals surface area contributed by atoms with Gasteiger partial charge in [0.15, 0.2) is 0 Å². The maximum atomic E-state index is 11.4. The maximum absolute atomic E-state index is 11.4. The Kier molecular flexibility index (Phi) is 7.04. The number of unbranched alkanes of at least 4 members (excludes halogenated alkanes) is 1. The summed E-state index contributed by atoms with van der Waals surface area (Å²) in [6.07, 6.45) is 6.74. The van der Waals surface area contributed by atoms with E-state index in [2.05, 4.69) is 6.92 Å². The van der Waals surface area contributed by atoms with E-state index >= 15 is 0 Å². The Balaban J connectivity index is 2.27. The molecule has 1 rings (SSSR count). The fourth-order valence-electron chi connectivity index (χ4n) is 1.69. The summed E-state index contributed by atoms with van der Waals surface area (Å²) < 4.78 is 0. The van der Waals surface area contributed by atoms with Crippen LogP contribution < -0.4 is 0 Å². The minimum atomic E-state index is -0.532. The zero-order valence-electron chi connectivity index (χ0n) is 11.0. The molecule has 0 aliphatic carbocycles. The van der Waals surface area contributed by atoms with Crippen molar-refractivity contribution in [2.24, 2.45) is 0 Å². The minimum Gasteiger partial charge on any atom is -0.389 e. The summed E-state index contributed by atoms with van der Waals surface area (Å²) in [5, 5.41) is 9.75. The molecule has 1 aromatic rings. The van der Waals surface area contributed by atoms with Crippen LogP contribution in [-0.2, 0) is 4.79 Å². The molecule has 1 atom stereocenters. The number of ketones is 1. The molecule has 0 spiro atoms. The van der Waals surface area contributed by atoms with Gasteiger partial charge in [-0.05, 0) is 18.4 Å². The fourth-order valence-corrected chi connectivity index (χ4v) is 1.69. The highest BCUT2D eigenvalue weighted by Gasteiger charge is 2.05. The molecule has 0 aliphatic heterocycles. The van der Waals surface area contributed by atoms with Gasteiger partial charge in [-0.2, -0.15) is 0 Å². The molecule has 1 aromatic carbocycles. The number of Topliss-reactive ketones (excluding diaryl/α,β-unsaturated/α-hetero) is 1. The summed E-state index contributed by atoms with van der Waals surface area (Å²) in [6, 6.07) is 9.84. The van der Waals surface area contributed by atoms with Crippen molar-refractivity contribution >= 4 is 11.9 Å². The number of hydrogen-bond donors (Lipinski definition) is 1. The number of carbonyl (C=O) groups is 1. The molecule has 18 heavy (non-hydrogen) atoms. The lowest BCUT2D eigenvalue weighted by atomic mass is 10.1. The first-order valence-corrected chi connectivity index (χ1v) is 6.65. The quantitative estimate of drug-likeness (QED) is 0.761. The van der Waals surface area contributed by atoms with Crippen LogP contribution in [0.25, 0.3) is 6.08 Å². The van der Waals surface area contributed by atoms with Crippen LogP contribution in [0.3, 0.4) is 0 Å². The van der Waals surface area contributed by atoms with Gasteiger partial charge in [0.2, 0.25) is 0 Å². The molecule has 0 fully saturated rings. The summed E-state index contributed by atoms with van der Waals surface area (Å²) in [5.41, 5.74) is 1.06. The van der Waals surface area contributed by atoms with Gasteiger partial charge in [-0.25, -0.2) is 0 Å². The normalized spacial score (nSPS) is 12.8. The number of hydrogen-bond acceptors (Lipinski definition) is 2. The van der Waals surface area contributed by atoms with E-state index < -0.39 is 6.10 Å². The third-order valence-corrected chi connectivity index (χ3v) is 2.84. The Morgan fingerprint density at radius 1 is 1.28 bits per heavy atom. The van der Waals surface area contributed by atoms with Gasteiger partial charge in [-0.1, -0.05) is 55.8 Å². The topological polar surface area (TPSA) is 37.3 Å². The first-order valence-electron chi connectivity index (χ1n) is 6.65. The van der Waals surface area contributed by atoms with Gasteiger partial charge in [0.1, 0.15) is 5.78 Å². The fraction of sp³-hybridized carbons (Fsp3) is 0.438. The minimum absolute atomic E-state index is 0.254. The lowest BCUT2D eigenvalue weighted by Gasteiger charge is -2.04. The van der Waals surface area contributed by atoms with Crippen molar-refractivity contribution < 1.29 is 9.90 Å². The highest BCUT2D eigenvalue weighted by molar-refractivity contribution is 5.78. The molecule has 0 saturated heterocycles. The number of rotatable bonds is 8. The number of aliphatic hydroxyl groups excluding tert-OH is 1. The van der Waals surface area contributed by atoms with E-state index in [4.69, 9.17) is 0 Å². The van der Waals surface area contributed by atoms with Gasteiger partial charge >= 0.3 is 0 Å². The van der Waals surface area contributed by atoms with Crippen molar-refractivity contribution in [2.75, 3.05) is 0 Å². The third-order valence-electron chi connectivity index (χ3n) is 2.84. The lowest BCUT2D eigenvalue weighted by Crippen LogP contribution is -2.06. The molecule has 2 heteroatoms. The Hall–Kier alpha value is -1.41. The monoisotopic (exact) mass is 246 g/mol. The van der Waals surface area contributed by atoms with E-state index in [9.17, 15) is 9.90 Å². The second-order valence-electron chi connectivity index (χ2n) is 4.52. The molecule has 1 unspecified atom stereocenters. The van der Waals surface area contributed by atoms with Crippen LogP contribution in [0.15, 0.2) is 36.4 Å². The van der Waals surface area contributed by atoms with Gasteiger partial charge in [0.05, 0.1) is 6.10 Å². The first-order chi connectivity index (χ1) is 8.72. The van der Waals surface area contributed by atoms with E-state index in [0.717, 1.165) is 18.4 Å². The van der Waals surface area contributed by atoms with E-state index in [1.807, 2.05) is 36.4 Å². The van der Waals surface area contributed by atoms with Crippen LogP contribution in [0.5, 0.6) is 0 Å². The SMILES string of the molecule is CCCCC(=O)CCC(O)/C=C/c1ccccc1. The number of benzene rings is 1. The molecule has 0 amide bonds. The van der Waals surface area contributed by atoms with Crippen LogP contribution in [0.4, 0.5) is 0 Å².